The minimum atomic E-state index is -4.89. The SMILES string of the molecule is Nc1nc2cc(C(F)(F)F)cc(C(F)(F)F)c2s1. The lowest BCUT2D eigenvalue weighted by Gasteiger charge is -2.11. The minimum absolute atomic E-state index is 0.0694. The Bertz CT molecular complexity index is 597. The summed E-state index contributed by atoms with van der Waals surface area (Å²) in [6.45, 7) is 0. The van der Waals surface area contributed by atoms with Gasteiger partial charge in [0.05, 0.1) is 21.3 Å². The molecule has 0 aliphatic rings. The largest absolute Gasteiger partial charge is 0.417 e. The van der Waals surface area contributed by atoms with Gasteiger partial charge in [-0.15, -0.1) is 0 Å². The van der Waals surface area contributed by atoms with E-state index in [1.807, 2.05) is 0 Å². The summed E-state index contributed by atoms with van der Waals surface area (Å²) in [5.41, 5.74) is 2.05. The Hall–Kier alpha value is -1.51. The van der Waals surface area contributed by atoms with Crippen molar-refractivity contribution in [2.75, 3.05) is 5.73 Å². The van der Waals surface area contributed by atoms with E-state index in [4.69, 9.17) is 5.73 Å². The molecule has 1 aromatic carbocycles. The number of rotatable bonds is 0. The summed E-state index contributed by atoms with van der Waals surface area (Å²) in [6.07, 6.45) is -9.76. The molecule has 0 fully saturated rings. The minimum Gasteiger partial charge on any atom is -0.375 e. The van der Waals surface area contributed by atoms with Gasteiger partial charge in [0.15, 0.2) is 5.13 Å². The third-order valence-corrected chi connectivity index (χ3v) is 3.07. The standard InChI is InChI=1S/C9H4F6N2S/c10-8(11,12)3-1-4(9(13,14)15)6-5(2-3)17-7(16)18-6/h1-2H,(H2,16,17). The number of hydrogen-bond donors (Lipinski definition) is 1. The summed E-state index contributed by atoms with van der Waals surface area (Å²) >= 11 is 0.504. The second-order valence-electron chi connectivity index (χ2n) is 3.42. The van der Waals surface area contributed by atoms with Crippen LogP contribution in [0.15, 0.2) is 12.1 Å². The quantitative estimate of drug-likeness (QED) is 0.746. The van der Waals surface area contributed by atoms with Gasteiger partial charge in [-0.2, -0.15) is 26.3 Å². The number of nitrogens with zero attached hydrogens (tertiary/aromatic N) is 1. The molecule has 98 valence electrons. The molecule has 0 radical (unpaired) electrons. The number of thiazole rings is 1. The van der Waals surface area contributed by atoms with Gasteiger partial charge in [0.2, 0.25) is 0 Å². The zero-order valence-corrected chi connectivity index (χ0v) is 9.17. The van der Waals surface area contributed by atoms with Crippen LogP contribution < -0.4 is 5.73 Å². The number of hydrogen-bond acceptors (Lipinski definition) is 3. The van der Waals surface area contributed by atoms with Gasteiger partial charge in [0.25, 0.3) is 0 Å². The van der Waals surface area contributed by atoms with E-state index in [0.717, 1.165) is 0 Å². The van der Waals surface area contributed by atoms with Crippen LogP contribution >= 0.6 is 11.3 Å². The Kier molecular flexibility index (Phi) is 2.69. The van der Waals surface area contributed by atoms with E-state index in [0.29, 0.717) is 17.4 Å². The topological polar surface area (TPSA) is 38.9 Å². The lowest BCUT2D eigenvalue weighted by molar-refractivity contribution is -0.142. The van der Waals surface area contributed by atoms with Crippen molar-refractivity contribution in [3.05, 3.63) is 23.3 Å². The zero-order chi connectivity index (χ0) is 13.7. The molecule has 0 spiro atoms. The predicted octanol–water partition coefficient (Wildman–Crippen LogP) is 3.92. The molecule has 2 nitrogen and oxygen atoms in total. The summed E-state index contributed by atoms with van der Waals surface area (Å²) in [5.74, 6) is 0. The molecule has 2 aromatic rings. The Morgan fingerprint density at radius 2 is 1.61 bits per heavy atom. The highest BCUT2D eigenvalue weighted by Crippen LogP contribution is 2.42. The number of fused-ring (bicyclic) bond motifs is 1. The van der Waals surface area contributed by atoms with Gasteiger partial charge in [-0.1, -0.05) is 11.3 Å². The maximum absolute atomic E-state index is 12.7. The fourth-order valence-electron chi connectivity index (χ4n) is 1.42. The van der Waals surface area contributed by atoms with E-state index in [9.17, 15) is 26.3 Å². The number of anilines is 1. The van der Waals surface area contributed by atoms with E-state index in [1.165, 1.54) is 0 Å². The Morgan fingerprint density at radius 3 is 2.11 bits per heavy atom. The lowest BCUT2D eigenvalue weighted by Crippen LogP contribution is -2.10. The van der Waals surface area contributed by atoms with Crippen molar-refractivity contribution in [2.24, 2.45) is 0 Å². The van der Waals surface area contributed by atoms with Crippen molar-refractivity contribution in [2.45, 2.75) is 12.4 Å². The maximum atomic E-state index is 12.7. The molecule has 18 heavy (non-hydrogen) atoms. The van der Waals surface area contributed by atoms with Crippen molar-refractivity contribution in [3.8, 4) is 0 Å². The van der Waals surface area contributed by atoms with Crippen molar-refractivity contribution >= 4 is 26.7 Å². The molecular weight excluding hydrogens is 282 g/mol. The van der Waals surface area contributed by atoms with Gasteiger partial charge < -0.3 is 5.73 Å². The molecular formula is C9H4F6N2S. The summed E-state index contributed by atoms with van der Waals surface area (Å²) in [7, 11) is 0. The van der Waals surface area contributed by atoms with Gasteiger partial charge in [-0.3, -0.25) is 0 Å². The molecule has 0 aliphatic carbocycles. The molecule has 0 aliphatic heterocycles. The van der Waals surface area contributed by atoms with Gasteiger partial charge in [-0.05, 0) is 12.1 Å². The molecule has 1 aromatic heterocycles. The summed E-state index contributed by atoms with van der Waals surface area (Å²) in [5, 5.41) is -0.213. The lowest BCUT2D eigenvalue weighted by atomic mass is 10.1. The van der Waals surface area contributed by atoms with Crippen LogP contribution in [0.5, 0.6) is 0 Å². The molecule has 0 unspecified atom stereocenters. The van der Waals surface area contributed by atoms with Crippen LogP contribution in [-0.2, 0) is 12.4 Å². The predicted molar refractivity (Wildman–Crippen MR) is 54.0 cm³/mol. The van der Waals surface area contributed by atoms with Crippen LogP contribution in [0, 0.1) is 0 Å². The molecule has 1 heterocycles. The molecule has 2 rings (SSSR count). The van der Waals surface area contributed by atoms with Crippen molar-refractivity contribution in [3.63, 3.8) is 0 Å². The van der Waals surface area contributed by atoms with Gasteiger partial charge in [0, 0.05) is 0 Å². The average molecular weight is 286 g/mol. The summed E-state index contributed by atoms with van der Waals surface area (Å²) in [6, 6.07) is 0.622. The van der Waals surface area contributed by atoms with Crippen LogP contribution in [0.3, 0.4) is 0 Å². The molecule has 0 amide bonds. The maximum Gasteiger partial charge on any atom is 0.417 e. The van der Waals surface area contributed by atoms with Crippen LogP contribution in [0.25, 0.3) is 10.2 Å². The van der Waals surface area contributed by atoms with Crippen LogP contribution in [0.4, 0.5) is 31.5 Å². The highest BCUT2D eigenvalue weighted by Gasteiger charge is 2.38. The van der Waals surface area contributed by atoms with Crippen molar-refractivity contribution < 1.29 is 26.3 Å². The first kappa shape index (κ1) is 12.9. The Labute approximate surface area is 100 Å². The molecule has 9 heteroatoms. The van der Waals surface area contributed by atoms with Crippen molar-refractivity contribution in [1.82, 2.24) is 4.98 Å². The average Bonchev–Trinajstić information content (AvgIpc) is 2.52. The van der Waals surface area contributed by atoms with E-state index in [-0.39, 0.29) is 11.2 Å². The second-order valence-corrected chi connectivity index (χ2v) is 4.45. The fraction of sp³-hybridized carbons (Fsp3) is 0.222. The monoisotopic (exact) mass is 286 g/mol. The van der Waals surface area contributed by atoms with E-state index < -0.39 is 33.7 Å². The zero-order valence-electron chi connectivity index (χ0n) is 8.36. The number of aromatic nitrogens is 1. The molecule has 0 atom stereocenters. The number of nitrogens with two attached hydrogens (primary N) is 1. The fourth-order valence-corrected chi connectivity index (χ4v) is 2.27. The molecule has 2 N–H and O–H groups in total. The molecule has 0 bridgehead atoms. The first-order valence-electron chi connectivity index (χ1n) is 4.43. The van der Waals surface area contributed by atoms with Gasteiger partial charge >= 0.3 is 12.4 Å². The second kappa shape index (κ2) is 3.74. The first-order valence-corrected chi connectivity index (χ1v) is 5.25. The Balaban J connectivity index is 2.81. The number of alkyl halides is 6. The van der Waals surface area contributed by atoms with Crippen LogP contribution in [-0.4, -0.2) is 4.98 Å². The summed E-state index contributed by atoms with van der Waals surface area (Å²) in [4.78, 5) is 3.46. The van der Waals surface area contributed by atoms with E-state index >= 15 is 0 Å². The normalized spacial score (nSPS) is 13.2. The van der Waals surface area contributed by atoms with Crippen LogP contribution in [0.2, 0.25) is 0 Å². The number of halogens is 6. The highest BCUT2D eigenvalue weighted by molar-refractivity contribution is 7.22. The smallest absolute Gasteiger partial charge is 0.375 e. The number of benzene rings is 1. The third-order valence-electron chi connectivity index (χ3n) is 2.14. The summed E-state index contributed by atoms with van der Waals surface area (Å²) < 4.78 is 75.0. The third kappa shape index (κ3) is 2.22. The van der Waals surface area contributed by atoms with E-state index in [1.54, 1.807) is 0 Å². The Morgan fingerprint density at radius 1 is 1.00 bits per heavy atom. The molecule has 0 saturated heterocycles. The highest BCUT2D eigenvalue weighted by atomic mass is 32.1. The molecule has 0 saturated carbocycles. The van der Waals surface area contributed by atoms with Gasteiger partial charge in [-0.25, -0.2) is 4.98 Å². The van der Waals surface area contributed by atoms with Gasteiger partial charge in [0.1, 0.15) is 0 Å². The van der Waals surface area contributed by atoms with Crippen LogP contribution in [0.1, 0.15) is 11.1 Å². The number of nitrogen functional groups attached to an aromatic ring is 1. The van der Waals surface area contributed by atoms with Crippen molar-refractivity contribution in [1.29, 1.82) is 0 Å². The van der Waals surface area contributed by atoms with E-state index in [2.05, 4.69) is 4.98 Å². The first-order chi connectivity index (χ1) is 8.09.